The fourth-order valence-corrected chi connectivity index (χ4v) is 2.75. The van der Waals surface area contributed by atoms with Gasteiger partial charge in [-0.05, 0) is 32.4 Å². The number of aryl methyl sites for hydroxylation is 2. The molecule has 1 unspecified atom stereocenters. The second-order valence-electron chi connectivity index (χ2n) is 6.06. The van der Waals surface area contributed by atoms with Crippen LogP contribution in [0.5, 0.6) is 0 Å². The predicted molar refractivity (Wildman–Crippen MR) is 94.9 cm³/mol. The smallest absolute Gasteiger partial charge is 0.248 e. The molecule has 0 saturated heterocycles. The van der Waals surface area contributed by atoms with Gasteiger partial charge in [-0.1, -0.05) is 25.5 Å². The summed E-state index contributed by atoms with van der Waals surface area (Å²) in [6.45, 7) is 6.79. The van der Waals surface area contributed by atoms with Gasteiger partial charge in [-0.2, -0.15) is 5.10 Å². The molecule has 0 aliphatic carbocycles. The number of nitrogens with one attached hydrogen (secondary N) is 1. The highest BCUT2D eigenvalue weighted by molar-refractivity contribution is 5.94. The second-order valence-corrected chi connectivity index (χ2v) is 6.06. The maximum absolute atomic E-state index is 12.7. The van der Waals surface area contributed by atoms with Crippen LogP contribution in [0.1, 0.15) is 38.3 Å². The van der Waals surface area contributed by atoms with Gasteiger partial charge >= 0.3 is 0 Å². The molecule has 0 spiro atoms. The Kier molecular flexibility index (Phi) is 4.64. The van der Waals surface area contributed by atoms with Crippen LogP contribution in [0, 0.1) is 6.92 Å². The van der Waals surface area contributed by atoms with Crippen molar-refractivity contribution in [3.8, 4) is 0 Å². The first-order valence-electron chi connectivity index (χ1n) is 8.36. The van der Waals surface area contributed by atoms with E-state index in [1.54, 1.807) is 12.5 Å². The first-order valence-corrected chi connectivity index (χ1v) is 8.36. The maximum atomic E-state index is 12.7. The number of unbranched alkanes of at least 4 members (excludes halogenated alkanes) is 1. The Morgan fingerprint density at radius 3 is 2.92 bits per heavy atom. The first-order chi connectivity index (χ1) is 11.6. The van der Waals surface area contributed by atoms with E-state index in [1.165, 1.54) is 0 Å². The van der Waals surface area contributed by atoms with E-state index in [0.29, 0.717) is 0 Å². The molecule has 2 heterocycles. The van der Waals surface area contributed by atoms with Crippen molar-refractivity contribution < 1.29 is 4.79 Å². The van der Waals surface area contributed by atoms with Gasteiger partial charge in [0.05, 0.1) is 23.6 Å². The number of benzene rings is 1. The number of imidazole rings is 1. The van der Waals surface area contributed by atoms with Gasteiger partial charge in [-0.3, -0.25) is 4.79 Å². The number of hydrogen-bond acceptors (Lipinski definition) is 3. The molecule has 0 aliphatic heterocycles. The van der Waals surface area contributed by atoms with E-state index in [9.17, 15) is 4.79 Å². The van der Waals surface area contributed by atoms with Gasteiger partial charge in [0.25, 0.3) is 0 Å². The van der Waals surface area contributed by atoms with Gasteiger partial charge in [-0.15, -0.1) is 0 Å². The highest BCUT2D eigenvalue weighted by Gasteiger charge is 2.19. The number of hydrogen-bond donors (Lipinski definition) is 1. The van der Waals surface area contributed by atoms with Crippen molar-refractivity contribution in [3.63, 3.8) is 0 Å². The molecule has 126 valence electrons. The molecule has 3 rings (SSSR count). The molecule has 24 heavy (non-hydrogen) atoms. The lowest BCUT2D eigenvalue weighted by atomic mass is 10.2. The number of nitrogens with zero attached hydrogens (tertiary/aromatic N) is 4. The number of para-hydroxylation sites is 2. The standard InChI is InChI=1S/C18H23N5O/c1-4-5-10-23-17(13(2)11-20-23)21-18(24)14(3)22-12-19-15-8-6-7-9-16(15)22/h6-9,11-12,14H,4-5,10H2,1-3H3,(H,21,24). The highest BCUT2D eigenvalue weighted by Crippen LogP contribution is 2.20. The SMILES string of the molecule is CCCCn1ncc(C)c1NC(=O)C(C)n1cnc2ccccc21. The molecular weight excluding hydrogens is 302 g/mol. The monoisotopic (exact) mass is 325 g/mol. The maximum Gasteiger partial charge on any atom is 0.248 e. The van der Waals surface area contributed by atoms with Crippen LogP contribution in [0.2, 0.25) is 0 Å². The van der Waals surface area contributed by atoms with Crippen LogP contribution in [0.15, 0.2) is 36.8 Å². The number of aromatic nitrogens is 4. The molecule has 0 fully saturated rings. The molecule has 2 aromatic heterocycles. The lowest BCUT2D eigenvalue weighted by molar-refractivity contribution is -0.118. The summed E-state index contributed by atoms with van der Waals surface area (Å²) in [6, 6.07) is 7.46. The Bertz CT molecular complexity index is 848. The zero-order valence-corrected chi connectivity index (χ0v) is 14.4. The van der Waals surface area contributed by atoms with Crippen molar-refractivity contribution in [2.24, 2.45) is 0 Å². The van der Waals surface area contributed by atoms with Crippen LogP contribution in [0.25, 0.3) is 11.0 Å². The minimum absolute atomic E-state index is 0.0699. The van der Waals surface area contributed by atoms with E-state index in [0.717, 1.165) is 41.8 Å². The van der Waals surface area contributed by atoms with E-state index < -0.39 is 0 Å². The highest BCUT2D eigenvalue weighted by atomic mass is 16.2. The third-order valence-corrected chi connectivity index (χ3v) is 4.27. The minimum Gasteiger partial charge on any atom is -0.318 e. The molecule has 1 amide bonds. The summed E-state index contributed by atoms with van der Waals surface area (Å²) >= 11 is 0. The van der Waals surface area contributed by atoms with Gasteiger partial charge in [0.2, 0.25) is 5.91 Å². The predicted octanol–water partition coefficient (Wildman–Crippen LogP) is 3.54. The lowest BCUT2D eigenvalue weighted by Crippen LogP contribution is -2.25. The van der Waals surface area contributed by atoms with Gasteiger partial charge in [-0.25, -0.2) is 9.67 Å². The molecule has 1 N–H and O–H groups in total. The zero-order chi connectivity index (χ0) is 17.1. The Morgan fingerprint density at radius 1 is 1.33 bits per heavy atom. The summed E-state index contributed by atoms with van der Waals surface area (Å²) in [4.78, 5) is 17.1. The number of amides is 1. The zero-order valence-electron chi connectivity index (χ0n) is 14.4. The average Bonchev–Trinajstić information content (AvgIpc) is 3.17. The number of anilines is 1. The van der Waals surface area contributed by atoms with Crippen molar-refractivity contribution >= 4 is 22.8 Å². The van der Waals surface area contributed by atoms with Crippen LogP contribution in [-0.2, 0) is 11.3 Å². The van der Waals surface area contributed by atoms with Gasteiger partial charge in [0.15, 0.2) is 0 Å². The number of rotatable bonds is 6. The van der Waals surface area contributed by atoms with E-state index in [1.807, 2.05) is 47.4 Å². The van der Waals surface area contributed by atoms with Gasteiger partial charge < -0.3 is 9.88 Å². The minimum atomic E-state index is -0.355. The van der Waals surface area contributed by atoms with Crippen molar-refractivity contribution in [1.29, 1.82) is 0 Å². The van der Waals surface area contributed by atoms with Crippen LogP contribution >= 0.6 is 0 Å². The number of carbonyl (C=O) groups is 1. The molecule has 0 bridgehead atoms. The second kappa shape index (κ2) is 6.86. The Balaban J connectivity index is 1.81. The Hall–Kier alpha value is -2.63. The normalized spacial score (nSPS) is 12.5. The Labute approximate surface area is 141 Å². The van der Waals surface area contributed by atoms with Crippen LogP contribution in [0.4, 0.5) is 5.82 Å². The third-order valence-electron chi connectivity index (χ3n) is 4.27. The van der Waals surface area contributed by atoms with Crippen molar-refractivity contribution in [1.82, 2.24) is 19.3 Å². The van der Waals surface area contributed by atoms with Crippen molar-refractivity contribution in [2.75, 3.05) is 5.32 Å². The summed E-state index contributed by atoms with van der Waals surface area (Å²) in [5.41, 5.74) is 2.82. The third kappa shape index (κ3) is 3.04. The van der Waals surface area contributed by atoms with E-state index in [2.05, 4.69) is 22.3 Å². The molecular formula is C18H23N5O. The quantitative estimate of drug-likeness (QED) is 0.754. The molecule has 0 radical (unpaired) electrons. The molecule has 6 nitrogen and oxygen atoms in total. The van der Waals surface area contributed by atoms with Crippen LogP contribution in [-0.4, -0.2) is 25.2 Å². The molecule has 3 aromatic rings. The number of carbonyl (C=O) groups excluding carboxylic acids is 1. The van der Waals surface area contributed by atoms with Gasteiger partial charge in [0, 0.05) is 12.1 Å². The summed E-state index contributed by atoms with van der Waals surface area (Å²) in [6.07, 6.45) is 5.63. The van der Waals surface area contributed by atoms with Crippen molar-refractivity contribution in [2.45, 2.75) is 46.2 Å². The summed E-state index contributed by atoms with van der Waals surface area (Å²) in [5, 5.41) is 7.39. The topological polar surface area (TPSA) is 64.7 Å². The molecule has 1 aromatic carbocycles. The fourth-order valence-electron chi connectivity index (χ4n) is 2.75. The molecule has 6 heteroatoms. The van der Waals surface area contributed by atoms with Crippen molar-refractivity contribution in [3.05, 3.63) is 42.4 Å². The van der Waals surface area contributed by atoms with Crippen LogP contribution in [0.3, 0.4) is 0 Å². The molecule has 0 saturated carbocycles. The molecule has 1 atom stereocenters. The molecule has 0 aliphatic rings. The van der Waals surface area contributed by atoms with Gasteiger partial charge in [0.1, 0.15) is 11.9 Å². The number of fused-ring (bicyclic) bond motifs is 1. The van der Waals surface area contributed by atoms with Crippen LogP contribution < -0.4 is 5.32 Å². The lowest BCUT2D eigenvalue weighted by Gasteiger charge is -2.16. The Morgan fingerprint density at radius 2 is 2.12 bits per heavy atom. The van der Waals surface area contributed by atoms with E-state index in [-0.39, 0.29) is 11.9 Å². The van der Waals surface area contributed by atoms with E-state index >= 15 is 0 Å². The largest absolute Gasteiger partial charge is 0.318 e. The summed E-state index contributed by atoms with van der Waals surface area (Å²) in [7, 11) is 0. The first kappa shape index (κ1) is 16.2. The average molecular weight is 325 g/mol. The summed E-state index contributed by atoms with van der Waals surface area (Å²) < 4.78 is 3.77. The summed E-state index contributed by atoms with van der Waals surface area (Å²) in [5.74, 6) is 0.712. The van der Waals surface area contributed by atoms with E-state index in [4.69, 9.17) is 0 Å². The fraction of sp³-hybridized carbons (Fsp3) is 0.389.